The number of fused-ring (bicyclic) bond motifs is 1. The van der Waals surface area contributed by atoms with Gasteiger partial charge >= 0.3 is 6.03 Å². The molecule has 7 nitrogen and oxygen atoms in total. The van der Waals surface area contributed by atoms with Gasteiger partial charge in [0, 0.05) is 19.4 Å². The Balaban J connectivity index is 1.50. The van der Waals surface area contributed by atoms with Gasteiger partial charge in [-0.2, -0.15) is 0 Å². The summed E-state index contributed by atoms with van der Waals surface area (Å²) < 4.78 is 5.28. The molecule has 2 amide bonds. The van der Waals surface area contributed by atoms with E-state index >= 15 is 0 Å². The predicted molar refractivity (Wildman–Crippen MR) is 115 cm³/mol. The van der Waals surface area contributed by atoms with Gasteiger partial charge in [0.05, 0.1) is 30.6 Å². The number of carbonyl (C=O) groups is 1. The molecule has 1 aliphatic rings. The lowest BCUT2D eigenvalue weighted by atomic mass is 10.1. The Morgan fingerprint density at radius 3 is 2.87 bits per heavy atom. The van der Waals surface area contributed by atoms with E-state index in [9.17, 15) is 9.59 Å². The van der Waals surface area contributed by atoms with Crippen molar-refractivity contribution in [2.75, 3.05) is 19.0 Å². The summed E-state index contributed by atoms with van der Waals surface area (Å²) in [5.74, 6) is 1.24. The monoisotopic (exact) mass is 404 g/mol. The van der Waals surface area contributed by atoms with Crippen LogP contribution in [0.15, 0.2) is 53.3 Å². The molecule has 2 aromatic carbocycles. The van der Waals surface area contributed by atoms with Crippen molar-refractivity contribution in [1.82, 2.24) is 14.9 Å². The minimum Gasteiger partial charge on any atom is -0.495 e. The van der Waals surface area contributed by atoms with E-state index in [1.54, 1.807) is 24.1 Å². The molecule has 2 heterocycles. The number of rotatable bonds is 4. The fourth-order valence-electron chi connectivity index (χ4n) is 3.69. The molecule has 7 heteroatoms. The minimum absolute atomic E-state index is 0.183. The summed E-state index contributed by atoms with van der Waals surface area (Å²) in [5, 5.41) is 2.86. The number of aromatic nitrogens is 2. The van der Waals surface area contributed by atoms with Crippen LogP contribution >= 0.6 is 0 Å². The third-order valence-electron chi connectivity index (χ3n) is 5.21. The van der Waals surface area contributed by atoms with Gasteiger partial charge in [-0.15, -0.1) is 0 Å². The molecule has 0 fully saturated rings. The number of urea groups is 1. The topological polar surface area (TPSA) is 87.3 Å². The summed E-state index contributed by atoms with van der Waals surface area (Å²) in [6.07, 6.45) is 1.11. The number of aryl methyl sites for hydroxylation is 1. The van der Waals surface area contributed by atoms with Crippen LogP contribution in [0.4, 0.5) is 10.5 Å². The van der Waals surface area contributed by atoms with E-state index in [2.05, 4.69) is 21.4 Å². The van der Waals surface area contributed by atoms with Crippen molar-refractivity contribution in [1.29, 1.82) is 0 Å². The average molecular weight is 404 g/mol. The first-order chi connectivity index (χ1) is 14.5. The van der Waals surface area contributed by atoms with Crippen molar-refractivity contribution >= 4 is 11.7 Å². The Morgan fingerprint density at radius 2 is 2.07 bits per heavy atom. The van der Waals surface area contributed by atoms with Crippen molar-refractivity contribution in [3.05, 3.63) is 87.1 Å². The van der Waals surface area contributed by atoms with E-state index in [1.165, 1.54) is 5.56 Å². The summed E-state index contributed by atoms with van der Waals surface area (Å²) in [6, 6.07) is 15.1. The zero-order chi connectivity index (χ0) is 21.1. The number of nitrogens with one attached hydrogen (secondary N) is 2. The third kappa shape index (κ3) is 4.20. The first-order valence-electron chi connectivity index (χ1n) is 9.89. The highest BCUT2D eigenvalue weighted by molar-refractivity contribution is 5.91. The molecule has 154 valence electrons. The highest BCUT2D eigenvalue weighted by atomic mass is 16.5. The molecule has 0 saturated carbocycles. The first-order valence-corrected chi connectivity index (χ1v) is 9.89. The number of methoxy groups -OCH3 is 1. The number of aromatic amines is 1. The summed E-state index contributed by atoms with van der Waals surface area (Å²) in [7, 11) is 1.56. The van der Waals surface area contributed by atoms with E-state index < -0.39 is 0 Å². The quantitative estimate of drug-likeness (QED) is 0.699. The van der Waals surface area contributed by atoms with Crippen LogP contribution in [0.5, 0.6) is 5.75 Å². The molecule has 0 saturated heterocycles. The summed E-state index contributed by atoms with van der Waals surface area (Å²) in [5.41, 5.74) is 4.00. The highest BCUT2D eigenvalue weighted by Crippen LogP contribution is 2.24. The second-order valence-corrected chi connectivity index (χ2v) is 7.41. The average Bonchev–Trinajstić information content (AvgIpc) is 2.74. The largest absolute Gasteiger partial charge is 0.495 e. The van der Waals surface area contributed by atoms with Crippen LogP contribution in [0, 0.1) is 6.92 Å². The summed E-state index contributed by atoms with van der Waals surface area (Å²) >= 11 is 0. The number of anilines is 1. The van der Waals surface area contributed by atoms with Crippen LogP contribution in [-0.2, 0) is 19.4 Å². The van der Waals surface area contributed by atoms with Crippen molar-refractivity contribution in [2.24, 2.45) is 0 Å². The Morgan fingerprint density at radius 1 is 1.23 bits per heavy atom. The first kappa shape index (κ1) is 19.7. The predicted octanol–water partition coefficient (Wildman–Crippen LogP) is 3.27. The van der Waals surface area contributed by atoms with Gasteiger partial charge in [0.15, 0.2) is 0 Å². The molecular weight excluding hydrogens is 380 g/mol. The maximum absolute atomic E-state index is 12.7. The molecule has 1 aromatic heterocycles. The van der Waals surface area contributed by atoms with E-state index in [0.717, 1.165) is 11.3 Å². The standard InChI is InChI=1S/C23H24N4O3/c1-15-6-5-7-16(12-15)13-21-24-18-10-11-27(14-17(18)22(28)26-21)23(29)25-19-8-3-4-9-20(19)30-2/h3-9,12H,10-11,13-14H2,1-2H3,(H,25,29)(H,24,26,28). The number of H-pyrrole nitrogens is 1. The number of hydrogen-bond donors (Lipinski definition) is 2. The van der Waals surface area contributed by atoms with E-state index in [-0.39, 0.29) is 18.1 Å². The molecule has 3 aromatic rings. The van der Waals surface area contributed by atoms with Gasteiger partial charge < -0.3 is 19.9 Å². The van der Waals surface area contributed by atoms with Gasteiger partial charge in [0.25, 0.3) is 5.56 Å². The number of ether oxygens (including phenoxy) is 1. The van der Waals surface area contributed by atoms with Crippen molar-refractivity contribution in [2.45, 2.75) is 26.3 Å². The van der Waals surface area contributed by atoms with Gasteiger partial charge in [0.2, 0.25) is 0 Å². The fraction of sp³-hybridized carbons (Fsp3) is 0.261. The maximum Gasteiger partial charge on any atom is 0.322 e. The van der Waals surface area contributed by atoms with Crippen molar-refractivity contribution in [3.63, 3.8) is 0 Å². The van der Waals surface area contributed by atoms with Gasteiger partial charge in [-0.25, -0.2) is 9.78 Å². The smallest absolute Gasteiger partial charge is 0.322 e. The lowest BCUT2D eigenvalue weighted by Crippen LogP contribution is -2.42. The second-order valence-electron chi connectivity index (χ2n) is 7.41. The lowest BCUT2D eigenvalue weighted by Gasteiger charge is -2.28. The second kappa shape index (κ2) is 8.41. The van der Waals surface area contributed by atoms with E-state index in [0.29, 0.717) is 42.2 Å². The fourth-order valence-corrected chi connectivity index (χ4v) is 3.69. The normalized spacial score (nSPS) is 12.9. The van der Waals surface area contributed by atoms with Gasteiger partial charge in [-0.1, -0.05) is 42.0 Å². The van der Waals surface area contributed by atoms with Crippen LogP contribution in [-0.4, -0.2) is 34.6 Å². The lowest BCUT2D eigenvalue weighted by molar-refractivity contribution is 0.205. The molecule has 0 aliphatic carbocycles. The van der Waals surface area contributed by atoms with E-state index in [4.69, 9.17) is 4.74 Å². The van der Waals surface area contributed by atoms with Crippen LogP contribution in [0.3, 0.4) is 0 Å². The maximum atomic E-state index is 12.7. The molecular formula is C23H24N4O3. The van der Waals surface area contributed by atoms with Crippen molar-refractivity contribution < 1.29 is 9.53 Å². The minimum atomic E-state index is -0.270. The number of benzene rings is 2. The molecule has 0 unspecified atom stereocenters. The number of carbonyl (C=O) groups excluding carboxylic acids is 1. The zero-order valence-corrected chi connectivity index (χ0v) is 17.1. The summed E-state index contributed by atoms with van der Waals surface area (Å²) in [6.45, 7) is 2.76. The van der Waals surface area contributed by atoms with Crippen LogP contribution in [0.2, 0.25) is 0 Å². The number of amides is 2. The SMILES string of the molecule is COc1ccccc1NC(=O)N1CCc2nc(Cc3cccc(C)c3)[nH]c(=O)c2C1. The molecule has 0 radical (unpaired) electrons. The number of hydrogen-bond acceptors (Lipinski definition) is 4. The molecule has 0 bridgehead atoms. The zero-order valence-electron chi connectivity index (χ0n) is 17.1. The third-order valence-corrected chi connectivity index (χ3v) is 5.21. The van der Waals surface area contributed by atoms with Crippen LogP contribution < -0.4 is 15.6 Å². The van der Waals surface area contributed by atoms with Crippen molar-refractivity contribution in [3.8, 4) is 5.75 Å². The molecule has 0 spiro atoms. The molecule has 1 aliphatic heterocycles. The highest BCUT2D eigenvalue weighted by Gasteiger charge is 2.25. The Kier molecular flexibility index (Phi) is 5.52. The number of nitrogens with zero attached hydrogens (tertiary/aromatic N) is 2. The van der Waals surface area contributed by atoms with E-state index in [1.807, 2.05) is 37.3 Å². The molecule has 30 heavy (non-hydrogen) atoms. The van der Waals surface area contributed by atoms with Crippen LogP contribution in [0.1, 0.15) is 28.2 Å². The molecule has 0 atom stereocenters. The van der Waals surface area contributed by atoms with Gasteiger partial charge in [-0.3, -0.25) is 4.79 Å². The molecule has 4 rings (SSSR count). The van der Waals surface area contributed by atoms with Gasteiger partial charge in [-0.05, 0) is 24.6 Å². The number of para-hydroxylation sites is 2. The van der Waals surface area contributed by atoms with Gasteiger partial charge in [0.1, 0.15) is 11.6 Å². The Hall–Kier alpha value is -3.61. The van der Waals surface area contributed by atoms with Crippen LogP contribution in [0.25, 0.3) is 0 Å². The Labute approximate surface area is 174 Å². The molecule has 2 N–H and O–H groups in total. The summed E-state index contributed by atoms with van der Waals surface area (Å²) in [4.78, 5) is 34.6. The Bertz CT molecular complexity index is 1140.